The highest BCUT2D eigenvalue weighted by Crippen LogP contribution is 2.24. The number of methoxy groups -OCH3 is 1. The standard InChI is InChI=1S/C14H11BrF3NO/c1-20-9-2-3-10(15)8(4-9)7-19-14-6-12(17)11(16)5-13(14)18/h2-6,19H,7H2,1H3. The summed E-state index contributed by atoms with van der Waals surface area (Å²) in [5.74, 6) is -2.51. The van der Waals surface area contributed by atoms with Crippen LogP contribution in [0.4, 0.5) is 18.9 Å². The Kier molecular flexibility index (Phi) is 4.54. The number of nitrogens with one attached hydrogen (secondary N) is 1. The Morgan fingerprint density at radius 1 is 1.05 bits per heavy atom. The Morgan fingerprint density at radius 3 is 2.45 bits per heavy atom. The minimum atomic E-state index is -1.21. The number of rotatable bonds is 4. The minimum Gasteiger partial charge on any atom is -0.497 e. The molecule has 2 nitrogen and oxygen atoms in total. The summed E-state index contributed by atoms with van der Waals surface area (Å²) in [5, 5.41) is 2.72. The molecule has 0 spiro atoms. The van der Waals surface area contributed by atoms with Gasteiger partial charge in [0.25, 0.3) is 0 Å². The molecule has 2 aromatic carbocycles. The second-order valence-corrected chi connectivity index (χ2v) is 4.91. The molecule has 0 radical (unpaired) electrons. The topological polar surface area (TPSA) is 21.3 Å². The Balaban J connectivity index is 2.18. The van der Waals surface area contributed by atoms with E-state index in [0.717, 1.165) is 16.1 Å². The first-order chi connectivity index (χ1) is 9.51. The van der Waals surface area contributed by atoms with Crippen LogP contribution in [0, 0.1) is 17.5 Å². The molecule has 20 heavy (non-hydrogen) atoms. The summed E-state index contributed by atoms with van der Waals surface area (Å²) in [7, 11) is 1.54. The lowest BCUT2D eigenvalue weighted by Crippen LogP contribution is -2.04. The van der Waals surface area contributed by atoms with Gasteiger partial charge in [0, 0.05) is 23.2 Å². The summed E-state index contributed by atoms with van der Waals surface area (Å²) in [6.07, 6.45) is 0. The molecule has 0 fully saturated rings. The predicted molar refractivity (Wildman–Crippen MR) is 74.3 cm³/mol. The maximum absolute atomic E-state index is 13.5. The van der Waals surface area contributed by atoms with E-state index in [4.69, 9.17) is 4.74 Å². The van der Waals surface area contributed by atoms with Gasteiger partial charge in [0.2, 0.25) is 0 Å². The van der Waals surface area contributed by atoms with E-state index in [1.807, 2.05) is 0 Å². The third-order valence-electron chi connectivity index (χ3n) is 2.73. The monoisotopic (exact) mass is 345 g/mol. The van der Waals surface area contributed by atoms with Crippen molar-refractivity contribution < 1.29 is 17.9 Å². The summed E-state index contributed by atoms with van der Waals surface area (Å²) >= 11 is 3.35. The van der Waals surface area contributed by atoms with Crippen LogP contribution in [-0.4, -0.2) is 7.11 Å². The smallest absolute Gasteiger partial charge is 0.161 e. The molecule has 6 heteroatoms. The lowest BCUT2D eigenvalue weighted by atomic mass is 10.2. The zero-order chi connectivity index (χ0) is 14.7. The average Bonchev–Trinajstić information content (AvgIpc) is 2.43. The second-order valence-electron chi connectivity index (χ2n) is 4.06. The first-order valence-electron chi connectivity index (χ1n) is 5.72. The van der Waals surface area contributed by atoms with Crippen molar-refractivity contribution in [2.75, 3.05) is 12.4 Å². The van der Waals surface area contributed by atoms with Crippen LogP contribution in [0.5, 0.6) is 5.75 Å². The van der Waals surface area contributed by atoms with E-state index < -0.39 is 17.5 Å². The van der Waals surface area contributed by atoms with Crippen LogP contribution in [0.1, 0.15) is 5.56 Å². The SMILES string of the molecule is COc1ccc(Br)c(CNc2cc(F)c(F)cc2F)c1. The van der Waals surface area contributed by atoms with Gasteiger partial charge >= 0.3 is 0 Å². The maximum Gasteiger partial charge on any atom is 0.161 e. The van der Waals surface area contributed by atoms with Crippen LogP contribution < -0.4 is 10.1 Å². The highest BCUT2D eigenvalue weighted by atomic mass is 79.9. The molecule has 0 atom stereocenters. The van der Waals surface area contributed by atoms with Gasteiger partial charge in [-0.05, 0) is 23.8 Å². The van der Waals surface area contributed by atoms with Gasteiger partial charge in [0.05, 0.1) is 12.8 Å². The summed E-state index contributed by atoms with van der Waals surface area (Å²) in [5.41, 5.74) is 0.701. The first-order valence-corrected chi connectivity index (χ1v) is 6.51. The van der Waals surface area contributed by atoms with Crippen molar-refractivity contribution in [2.45, 2.75) is 6.54 Å². The maximum atomic E-state index is 13.5. The quantitative estimate of drug-likeness (QED) is 0.824. The number of hydrogen-bond acceptors (Lipinski definition) is 2. The first kappa shape index (κ1) is 14.7. The van der Waals surface area contributed by atoms with E-state index in [9.17, 15) is 13.2 Å². The van der Waals surface area contributed by atoms with Crippen LogP contribution in [0.3, 0.4) is 0 Å². The zero-order valence-electron chi connectivity index (χ0n) is 10.5. The van der Waals surface area contributed by atoms with Crippen molar-refractivity contribution in [2.24, 2.45) is 0 Å². The molecule has 0 amide bonds. The van der Waals surface area contributed by atoms with Crippen LogP contribution in [-0.2, 0) is 6.54 Å². The van der Waals surface area contributed by atoms with E-state index >= 15 is 0 Å². The largest absolute Gasteiger partial charge is 0.497 e. The van der Waals surface area contributed by atoms with Gasteiger partial charge < -0.3 is 10.1 Å². The molecule has 0 saturated heterocycles. The van der Waals surface area contributed by atoms with Gasteiger partial charge in [-0.2, -0.15) is 0 Å². The number of anilines is 1. The fraction of sp³-hybridized carbons (Fsp3) is 0.143. The van der Waals surface area contributed by atoms with Gasteiger partial charge in [-0.3, -0.25) is 0 Å². The zero-order valence-corrected chi connectivity index (χ0v) is 12.1. The van der Waals surface area contributed by atoms with E-state index in [0.29, 0.717) is 11.8 Å². The van der Waals surface area contributed by atoms with Gasteiger partial charge in [-0.1, -0.05) is 15.9 Å². The molecular weight excluding hydrogens is 335 g/mol. The van der Waals surface area contributed by atoms with Crippen molar-refractivity contribution in [3.05, 3.63) is 57.8 Å². The van der Waals surface area contributed by atoms with E-state index in [1.165, 1.54) is 7.11 Å². The van der Waals surface area contributed by atoms with Crippen molar-refractivity contribution in [3.8, 4) is 5.75 Å². The highest BCUT2D eigenvalue weighted by Gasteiger charge is 2.10. The van der Waals surface area contributed by atoms with Crippen LogP contribution in [0.2, 0.25) is 0 Å². The van der Waals surface area contributed by atoms with Crippen molar-refractivity contribution >= 4 is 21.6 Å². The highest BCUT2D eigenvalue weighted by molar-refractivity contribution is 9.10. The molecule has 106 valence electrons. The summed E-state index contributed by atoms with van der Waals surface area (Å²) < 4.78 is 45.3. The van der Waals surface area contributed by atoms with Crippen molar-refractivity contribution in [3.63, 3.8) is 0 Å². The van der Waals surface area contributed by atoms with Crippen molar-refractivity contribution in [1.29, 1.82) is 0 Å². The Morgan fingerprint density at radius 2 is 1.75 bits per heavy atom. The Labute approximate surface area is 122 Å². The third kappa shape index (κ3) is 3.25. The van der Waals surface area contributed by atoms with Gasteiger partial charge in [0.1, 0.15) is 11.6 Å². The fourth-order valence-corrected chi connectivity index (χ4v) is 2.05. The normalized spacial score (nSPS) is 10.4. The lowest BCUT2D eigenvalue weighted by Gasteiger charge is -2.11. The Bertz CT molecular complexity index is 634. The molecule has 0 aliphatic rings. The van der Waals surface area contributed by atoms with E-state index in [1.54, 1.807) is 18.2 Å². The number of hydrogen-bond donors (Lipinski definition) is 1. The Hall–Kier alpha value is -1.69. The van der Waals surface area contributed by atoms with Gasteiger partial charge in [-0.15, -0.1) is 0 Å². The summed E-state index contributed by atoms with van der Waals surface area (Å²) in [4.78, 5) is 0. The van der Waals surface area contributed by atoms with Crippen molar-refractivity contribution in [1.82, 2.24) is 0 Å². The van der Waals surface area contributed by atoms with Crippen LogP contribution >= 0.6 is 15.9 Å². The molecule has 0 aliphatic heterocycles. The van der Waals surface area contributed by atoms with Crippen LogP contribution in [0.25, 0.3) is 0 Å². The lowest BCUT2D eigenvalue weighted by molar-refractivity contribution is 0.414. The summed E-state index contributed by atoms with van der Waals surface area (Å²) in [6.45, 7) is 0.236. The molecule has 0 aromatic heterocycles. The number of ether oxygens (including phenoxy) is 1. The molecule has 0 bridgehead atoms. The fourth-order valence-electron chi connectivity index (χ4n) is 1.66. The minimum absolute atomic E-state index is 0.0985. The van der Waals surface area contributed by atoms with Crippen LogP contribution in [0.15, 0.2) is 34.8 Å². The molecule has 0 aliphatic carbocycles. The predicted octanol–water partition coefficient (Wildman–Crippen LogP) is 4.49. The van der Waals surface area contributed by atoms with Gasteiger partial charge in [-0.25, -0.2) is 13.2 Å². The average molecular weight is 346 g/mol. The second kappa shape index (κ2) is 6.17. The van der Waals surface area contributed by atoms with E-state index in [-0.39, 0.29) is 12.2 Å². The van der Waals surface area contributed by atoms with E-state index in [2.05, 4.69) is 21.2 Å². The molecular formula is C14H11BrF3NO. The molecule has 0 heterocycles. The molecule has 0 saturated carbocycles. The molecule has 2 aromatic rings. The van der Waals surface area contributed by atoms with Gasteiger partial charge in [0.15, 0.2) is 11.6 Å². The number of benzene rings is 2. The summed E-state index contributed by atoms with van der Waals surface area (Å²) in [6, 6.07) is 6.62. The molecule has 2 rings (SSSR count). The third-order valence-corrected chi connectivity index (χ3v) is 3.51. The molecule has 1 N–H and O–H groups in total. The number of halogens is 4. The molecule has 0 unspecified atom stereocenters.